The molecule has 0 bridgehead atoms. The van der Waals surface area contributed by atoms with Crippen molar-refractivity contribution in [1.29, 1.82) is 0 Å². The third kappa shape index (κ3) is 4.48. The molecule has 0 amide bonds. The van der Waals surface area contributed by atoms with Crippen LogP contribution in [0, 0.1) is 0 Å². The van der Waals surface area contributed by atoms with E-state index in [-0.39, 0.29) is 6.61 Å². The van der Waals surface area contributed by atoms with Crippen LogP contribution in [0.4, 0.5) is 0 Å². The van der Waals surface area contributed by atoms with Gasteiger partial charge >= 0.3 is 0 Å². The van der Waals surface area contributed by atoms with Crippen molar-refractivity contribution in [2.45, 2.75) is 44.9 Å². The van der Waals surface area contributed by atoms with Crippen LogP contribution in [0.2, 0.25) is 0 Å². The molecule has 15 heavy (non-hydrogen) atoms. The standard InChI is InChI=1S/C14H22O/c1-2-3-4-6-11-14(12-15)13-9-7-5-8-10-13/h5,7-10,14-15H,2-4,6,11-12H2,1H3. The molecular weight excluding hydrogens is 184 g/mol. The van der Waals surface area contributed by atoms with Gasteiger partial charge in [0, 0.05) is 12.5 Å². The molecule has 0 heterocycles. The van der Waals surface area contributed by atoms with Crippen molar-refractivity contribution in [3.05, 3.63) is 35.9 Å². The van der Waals surface area contributed by atoms with Crippen LogP contribution in [0.5, 0.6) is 0 Å². The first-order valence-electron chi connectivity index (χ1n) is 6.04. The summed E-state index contributed by atoms with van der Waals surface area (Å²) in [5.41, 5.74) is 1.27. The average Bonchev–Trinajstić information content (AvgIpc) is 2.30. The van der Waals surface area contributed by atoms with Crippen molar-refractivity contribution in [3.63, 3.8) is 0 Å². The summed E-state index contributed by atoms with van der Waals surface area (Å²) in [5, 5.41) is 9.34. The molecule has 84 valence electrons. The first-order valence-corrected chi connectivity index (χ1v) is 6.04. The summed E-state index contributed by atoms with van der Waals surface area (Å²) in [7, 11) is 0. The minimum absolute atomic E-state index is 0.274. The minimum atomic E-state index is 0.274. The monoisotopic (exact) mass is 206 g/mol. The van der Waals surface area contributed by atoms with Gasteiger partial charge in [-0.1, -0.05) is 62.9 Å². The van der Waals surface area contributed by atoms with Crippen molar-refractivity contribution >= 4 is 0 Å². The lowest BCUT2D eigenvalue weighted by atomic mass is 9.94. The Hall–Kier alpha value is -0.820. The van der Waals surface area contributed by atoms with Crippen LogP contribution in [0.25, 0.3) is 0 Å². The Kier molecular flexibility index (Phi) is 6.10. The highest BCUT2D eigenvalue weighted by Gasteiger charge is 2.08. The first-order chi connectivity index (χ1) is 7.38. The van der Waals surface area contributed by atoms with Gasteiger partial charge in [-0.2, -0.15) is 0 Å². The summed E-state index contributed by atoms with van der Waals surface area (Å²) in [6, 6.07) is 10.3. The second-order valence-electron chi connectivity index (χ2n) is 4.14. The fourth-order valence-corrected chi connectivity index (χ4v) is 1.91. The molecule has 1 N–H and O–H groups in total. The Morgan fingerprint density at radius 3 is 2.40 bits per heavy atom. The predicted octanol–water partition coefficient (Wildman–Crippen LogP) is 3.73. The molecule has 0 fully saturated rings. The maximum atomic E-state index is 9.34. The van der Waals surface area contributed by atoms with Crippen molar-refractivity contribution in [2.75, 3.05) is 6.61 Å². The van der Waals surface area contributed by atoms with Crippen LogP contribution in [-0.4, -0.2) is 11.7 Å². The van der Waals surface area contributed by atoms with E-state index in [1.807, 2.05) is 18.2 Å². The Balaban J connectivity index is 2.36. The quantitative estimate of drug-likeness (QED) is 0.674. The largest absolute Gasteiger partial charge is 0.396 e. The highest BCUT2D eigenvalue weighted by Crippen LogP contribution is 2.21. The molecule has 1 aromatic carbocycles. The van der Waals surface area contributed by atoms with Gasteiger partial charge in [-0.3, -0.25) is 0 Å². The summed E-state index contributed by atoms with van der Waals surface area (Å²) in [6.45, 7) is 2.50. The topological polar surface area (TPSA) is 20.2 Å². The molecule has 0 aliphatic rings. The third-order valence-corrected chi connectivity index (χ3v) is 2.90. The molecule has 1 nitrogen and oxygen atoms in total. The van der Waals surface area contributed by atoms with E-state index in [2.05, 4.69) is 19.1 Å². The van der Waals surface area contributed by atoms with E-state index in [0.717, 1.165) is 6.42 Å². The second-order valence-corrected chi connectivity index (χ2v) is 4.14. The van der Waals surface area contributed by atoms with E-state index >= 15 is 0 Å². The number of hydrogen-bond donors (Lipinski definition) is 1. The summed E-state index contributed by atoms with van der Waals surface area (Å²) in [4.78, 5) is 0. The van der Waals surface area contributed by atoms with Gasteiger partial charge in [-0.15, -0.1) is 0 Å². The van der Waals surface area contributed by atoms with Gasteiger partial charge in [0.2, 0.25) is 0 Å². The Bertz CT molecular complexity index is 243. The fraction of sp³-hybridized carbons (Fsp3) is 0.571. The maximum absolute atomic E-state index is 9.34. The molecule has 1 atom stereocenters. The minimum Gasteiger partial charge on any atom is -0.396 e. The zero-order chi connectivity index (χ0) is 10.9. The zero-order valence-corrected chi connectivity index (χ0v) is 9.65. The first kappa shape index (κ1) is 12.3. The summed E-state index contributed by atoms with van der Waals surface area (Å²) < 4.78 is 0. The smallest absolute Gasteiger partial charge is 0.0499 e. The highest BCUT2D eigenvalue weighted by molar-refractivity contribution is 5.19. The summed E-state index contributed by atoms with van der Waals surface area (Å²) in [5.74, 6) is 0.336. The van der Waals surface area contributed by atoms with E-state index in [4.69, 9.17) is 0 Å². The normalized spacial score (nSPS) is 12.7. The number of rotatable bonds is 7. The molecule has 0 radical (unpaired) electrons. The van der Waals surface area contributed by atoms with Gasteiger partial charge in [-0.05, 0) is 12.0 Å². The summed E-state index contributed by atoms with van der Waals surface area (Å²) >= 11 is 0. The van der Waals surface area contributed by atoms with Gasteiger partial charge in [-0.25, -0.2) is 0 Å². The van der Waals surface area contributed by atoms with E-state index < -0.39 is 0 Å². The molecule has 0 saturated carbocycles. The van der Waals surface area contributed by atoms with E-state index in [9.17, 15) is 5.11 Å². The molecule has 1 heteroatoms. The average molecular weight is 206 g/mol. The van der Waals surface area contributed by atoms with Crippen LogP contribution >= 0.6 is 0 Å². The molecule has 1 aromatic rings. The van der Waals surface area contributed by atoms with E-state index in [1.54, 1.807) is 0 Å². The molecular formula is C14H22O. The number of aliphatic hydroxyl groups is 1. The highest BCUT2D eigenvalue weighted by atomic mass is 16.3. The predicted molar refractivity (Wildman–Crippen MR) is 65.0 cm³/mol. The number of unbranched alkanes of at least 4 members (excludes halogenated alkanes) is 3. The Labute approximate surface area is 93.1 Å². The molecule has 1 unspecified atom stereocenters. The number of hydrogen-bond acceptors (Lipinski definition) is 1. The molecule has 0 aliphatic heterocycles. The summed E-state index contributed by atoms with van der Waals surface area (Å²) in [6.07, 6.45) is 6.22. The van der Waals surface area contributed by atoms with Crippen LogP contribution in [0.15, 0.2) is 30.3 Å². The third-order valence-electron chi connectivity index (χ3n) is 2.90. The zero-order valence-electron chi connectivity index (χ0n) is 9.65. The van der Waals surface area contributed by atoms with Crippen molar-refractivity contribution in [1.82, 2.24) is 0 Å². The Morgan fingerprint density at radius 2 is 1.80 bits per heavy atom. The van der Waals surface area contributed by atoms with Crippen LogP contribution in [0.3, 0.4) is 0 Å². The van der Waals surface area contributed by atoms with Crippen molar-refractivity contribution < 1.29 is 5.11 Å². The molecule has 0 aliphatic carbocycles. The lowest BCUT2D eigenvalue weighted by Crippen LogP contribution is -2.03. The van der Waals surface area contributed by atoms with Gasteiger partial charge in [0.15, 0.2) is 0 Å². The van der Waals surface area contributed by atoms with Crippen LogP contribution < -0.4 is 0 Å². The van der Waals surface area contributed by atoms with Crippen LogP contribution in [-0.2, 0) is 0 Å². The molecule has 0 spiro atoms. The lowest BCUT2D eigenvalue weighted by molar-refractivity contribution is 0.256. The van der Waals surface area contributed by atoms with Crippen LogP contribution in [0.1, 0.15) is 50.5 Å². The molecule has 0 saturated heterocycles. The van der Waals surface area contributed by atoms with E-state index in [1.165, 1.54) is 31.2 Å². The van der Waals surface area contributed by atoms with Crippen molar-refractivity contribution in [2.24, 2.45) is 0 Å². The number of aliphatic hydroxyl groups excluding tert-OH is 1. The van der Waals surface area contributed by atoms with Gasteiger partial charge in [0.05, 0.1) is 0 Å². The maximum Gasteiger partial charge on any atom is 0.0499 e. The lowest BCUT2D eigenvalue weighted by Gasteiger charge is -2.14. The van der Waals surface area contributed by atoms with Gasteiger partial charge in [0.1, 0.15) is 0 Å². The molecule has 1 rings (SSSR count). The van der Waals surface area contributed by atoms with Crippen molar-refractivity contribution in [3.8, 4) is 0 Å². The second kappa shape index (κ2) is 7.47. The van der Waals surface area contributed by atoms with E-state index in [0.29, 0.717) is 5.92 Å². The van der Waals surface area contributed by atoms with Gasteiger partial charge < -0.3 is 5.11 Å². The number of benzene rings is 1. The SMILES string of the molecule is CCCCCCC(CO)c1ccccc1. The Morgan fingerprint density at radius 1 is 1.07 bits per heavy atom. The van der Waals surface area contributed by atoms with Gasteiger partial charge in [0.25, 0.3) is 0 Å². The molecule has 0 aromatic heterocycles. The fourth-order valence-electron chi connectivity index (χ4n) is 1.91.